The molecule has 0 radical (unpaired) electrons. The predicted molar refractivity (Wildman–Crippen MR) is 179 cm³/mol. The molecule has 1 aromatic heterocycles. The summed E-state index contributed by atoms with van der Waals surface area (Å²) in [4.78, 5) is 48.9. The minimum absolute atomic E-state index is 0.00267. The summed E-state index contributed by atoms with van der Waals surface area (Å²) in [6.07, 6.45) is -0.609. The quantitative estimate of drug-likeness (QED) is 0.271. The van der Waals surface area contributed by atoms with Crippen molar-refractivity contribution in [1.29, 1.82) is 0 Å². The molecule has 0 fully saturated rings. The molecule has 14 heteroatoms. The topological polar surface area (TPSA) is 142 Å². The minimum Gasteiger partial charge on any atom is -0.478 e. The van der Waals surface area contributed by atoms with Gasteiger partial charge >= 0.3 is 5.97 Å². The first-order chi connectivity index (χ1) is 23.6. The summed E-state index contributed by atoms with van der Waals surface area (Å²) in [5, 5.41) is 25.0. The van der Waals surface area contributed by atoms with Crippen LogP contribution in [0.5, 0.6) is 0 Å². The van der Waals surface area contributed by atoms with Gasteiger partial charge in [0.15, 0.2) is 11.6 Å². The Kier molecular flexibility index (Phi) is 8.53. The first kappa shape index (κ1) is 32.3. The molecule has 0 aliphatic carbocycles. The summed E-state index contributed by atoms with van der Waals surface area (Å²) < 4.78 is 17.0. The molecule has 49 heavy (non-hydrogen) atoms. The van der Waals surface area contributed by atoms with Gasteiger partial charge in [0.2, 0.25) is 6.10 Å². The molecular weight excluding hydrogens is 653 g/mol. The average Bonchev–Trinajstić information content (AvgIpc) is 3.76. The lowest BCUT2D eigenvalue weighted by Gasteiger charge is -2.40. The molecule has 7 rings (SSSR count). The summed E-state index contributed by atoms with van der Waals surface area (Å²) in [6, 6.07) is 15.0. The molecule has 4 heterocycles. The average molecular weight is 686 g/mol. The molecule has 0 saturated heterocycles. The van der Waals surface area contributed by atoms with Crippen LogP contribution in [0.15, 0.2) is 65.8 Å². The van der Waals surface area contributed by atoms with Gasteiger partial charge < -0.3 is 29.6 Å². The van der Waals surface area contributed by atoms with Crippen molar-refractivity contribution in [2.24, 2.45) is 5.16 Å². The van der Waals surface area contributed by atoms with Gasteiger partial charge in [-0.05, 0) is 60.0 Å². The van der Waals surface area contributed by atoms with Crippen LogP contribution in [0.4, 0.5) is 15.8 Å². The Bertz CT molecular complexity index is 2000. The van der Waals surface area contributed by atoms with E-state index in [1.807, 2.05) is 18.2 Å². The van der Waals surface area contributed by atoms with E-state index in [1.165, 1.54) is 41.3 Å². The van der Waals surface area contributed by atoms with Crippen LogP contribution in [-0.4, -0.2) is 67.5 Å². The Labute approximate surface area is 286 Å². The van der Waals surface area contributed by atoms with Crippen LogP contribution in [0.25, 0.3) is 0 Å². The highest BCUT2D eigenvalue weighted by Gasteiger charge is 2.42. The molecule has 252 valence electrons. The maximum atomic E-state index is 14.8. The number of carboxylic acid groups (broad SMARTS) is 1. The monoisotopic (exact) mass is 685 g/mol. The number of aromatic carboxylic acids is 1. The van der Waals surface area contributed by atoms with Crippen LogP contribution >= 0.6 is 11.6 Å². The van der Waals surface area contributed by atoms with Gasteiger partial charge in [-0.2, -0.15) is 0 Å². The van der Waals surface area contributed by atoms with E-state index in [1.54, 1.807) is 6.07 Å². The molecule has 2 atom stereocenters. The normalized spacial score (nSPS) is 18.4. The van der Waals surface area contributed by atoms with Crippen molar-refractivity contribution in [3.63, 3.8) is 0 Å². The molecule has 3 aliphatic rings. The molecular formula is C35H33ClFN7O5. The third-order valence-electron chi connectivity index (χ3n) is 9.17. The molecule has 0 spiro atoms. The first-order valence-electron chi connectivity index (χ1n) is 16.0. The lowest BCUT2D eigenvalue weighted by molar-refractivity contribution is -0.148. The minimum atomic E-state index is -1.09. The number of carbonyl (C=O) groups excluding carboxylic acids is 2. The molecule has 3 aliphatic heterocycles. The van der Waals surface area contributed by atoms with Crippen LogP contribution in [0, 0.1) is 5.82 Å². The largest absolute Gasteiger partial charge is 0.478 e. The van der Waals surface area contributed by atoms with E-state index in [-0.39, 0.29) is 40.7 Å². The molecule has 3 aromatic carbocycles. The van der Waals surface area contributed by atoms with Crippen LogP contribution in [0.2, 0.25) is 5.02 Å². The Morgan fingerprint density at radius 3 is 2.55 bits per heavy atom. The molecule has 2 amide bonds. The van der Waals surface area contributed by atoms with Crippen LogP contribution in [-0.2, 0) is 33.9 Å². The number of aromatic nitrogens is 3. The summed E-state index contributed by atoms with van der Waals surface area (Å²) in [7, 11) is 0. The molecule has 4 aromatic rings. The standard InChI is InChI=1S/C35H33ClFN7O5/c1-19(2)32-40-39-29-18-42(15-16-43(29)32)27-8-4-5-23-22(27)13-14-44(31(23)33(45)38-21-11-9-20(10-12-21)35(47)48)34(46)28-17-26(41-49-28)24-6-3-7-25(36)30(24)37/h3-12,19,28,31H,13-18H2,1-2H3,(H,38,45)(H,47,48)/t28?,31-/m0/s1. The number of nitrogens with zero attached hydrogens (tertiary/aromatic N) is 6. The fourth-order valence-electron chi connectivity index (χ4n) is 6.77. The Balaban J connectivity index is 1.19. The Morgan fingerprint density at radius 1 is 1.02 bits per heavy atom. The molecule has 0 saturated carbocycles. The van der Waals surface area contributed by atoms with Gasteiger partial charge in [-0.1, -0.05) is 48.8 Å². The summed E-state index contributed by atoms with van der Waals surface area (Å²) >= 11 is 5.98. The Morgan fingerprint density at radius 2 is 1.80 bits per heavy atom. The van der Waals surface area contributed by atoms with Crippen LogP contribution in [0.1, 0.15) is 70.9 Å². The second kappa shape index (κ2) is 13.0. The zero-order valence-corrected chi connectivity index (χ0v) is 27.5. The van der Waals surface area contributed by atoms with Gasteiger partial charge in [0.05, 0.1) is 22.8 Å². The number of halogens is 2. The number of rotatable bonds is 7. The third kappa shape index (κ3) is 5.99. The number of carboxylic acids is 1. The SMILES string of the molecule is CC(C)c1nnc2n1CCN(c1cccc3c1CCN(C(=O)C1CC(c4cccc(Cl)c4F)=NO1)[C@@H]3C(=O)Nc1ccc(C(=O)O)cc1)C2. The van der Waals surface area contributed by atoms with Gasteiger partial charge in [-0.3, -0.25) is 9.59 Å². The van der Waals surface area contributed by atoms with E-state index in [2.05, 4.69) is 44.0 Å². The van der Waals surface area contributed by atoms with Crippen molar-refractivity contribution in [3.05, 3.63) is 105 Å². The van der Waals surface area contributed by atoms with E-state index < -0.39 is 35.7 Å². The summed E-state index contributed by atoms with van der Waals surface area (Å²) in [6.45, 7) is 6.37. The lowest BCUT2D eigenvalue weighted by atomic mass is 9.89. The smallest absolute Gasteiger partial charge is 0.335 e. The molecule has 0 bridgehead atoms. The van der Waals surface area contributed by atoms with E-state index in [0.717, 1.165) is 29.4 Å². The maximum Gasteiger partial charge on any atom is 0.335 e. The number of carbonyl (C=O) groups is 3. The number of amides is 2. The van der Waals surface area contributed by atoms with E-state index in [0.29, 0.717) is 30.8 Å². The van der Waals surface area contributed by atoms with Crippen molar-refractivity contribution in [2.75, 3.05) is 23.3 Å². The van der Waals surface area contributed by atoms with E-state index in [9.17, 15) is 23.9 Å². The fourth-order valence-corrected chi connectivity index (χ4v) is 6.94. The van der Waals surface area contributed by atoms with Gasteiger partial charge in [0, 0.05) is 48.9 Å². The number of hydrogen-bond donors (Lipinski definition) is 2. The number of nitrogens with one attached hydrogen (secondary N) is 1. The predicted octanol–water partition coefficient (Wildman–Crippen LogP) is 5.17. The first-order valence-corrected chi connectivity index (χ1v) is 16.4. The van der Waals surface area contributed by atoms with E-state index >= 15 is 0 Å². The second-order valence-electron chi connectivity index (χ2n) is 12.5. The zero-order valence-electron chi connectivity index (χ0n) is 26.8. The second-order valence-corrected chi connectivity index (χ2v) is 12.9. The van der Waals surface area contributed by atoms with Gasteiger partial charge in [0.25, 0.3) is 11.8 Å². The van der Waals surface area contributed by atoms with Gasteiger partial charge in [-0.25, -0.2) is 9.18 Å². The summed E-state index contributed by atoms with van der Waals surface area (Å²) in [5.74, 6) is -0.621. The molecule has 12 nitrogen and oxygen atoms in total. The fraction of sp³-hybridized carbons (Fsp3) is 0.314. The van der Waals surface area contributed by atoms with Gasteiger partial charge in [-0.15, -0.1) is 10.2 Å². The van der Waals surface area contributed by atoms with Crippen molar-refractivity contribution in [1.82, 2.24) is 19.7 Å². The highest BCUT2D eigenvalue weighted by Crippen LogP contribution is 2.39. The lowest BCUT2D eigenvalue weighted by Crippen LogP contribution is -2.49. The van der Waals surface area contributed by atoms with Crippen molar-refractivity contribution in [2.45, 2.75) is 57.8 Å². The highest BCUT2D eigenvalue weighted by molar-refractivity contribution is 6.31. The van der Waals surface area contributed by atoms with Crippen molar-refractivity contribution >= 4 is 46.5 Å². The number of fused-ring (bicyclic) bond motifs is 2. The molecule has 2 N–H and O–H groups in total. The van der Waals surface area contributed by atoms with Crippen molar-refractivity contribution in [3.8, 4) is 0 Å². The van der Waals surface area contributed by atoms with E-state index in [4.69, 9.17) is 16.4 Å². The number of benzene rings is 3. The number of hydrogen-bond acceptors (Lipinski definition) is 8. The zero-order chi connectivity index (χ0) is 34.4. The van der Waals surface area contributed by atoms with Crippen molar-refractivity contribution < 1.29 is 28.7 Å². The highest BCUT2D eigenvalue weighted by atomic mass is 35.5. The third-order valence-corrected chi connectivity index (χ3v) is 9.46. The number of oxime groups is 1. The molecule has 1 unspecified atom stereocenters. The van der Waals surface area contributed by atoms with Gasteiger partial charge in [0.1, 0.15) is 11.9 Å². The summed E-state index contributed by atoms with van der Waals surface area (Å²) in [5.41, 5.74) is 3.39. The Hall–Kier alpha value is -5.30. The van der Waals surface area contributed by atoms with Crippen LogP contribution < -0.4 is 10.2 Å². The van der Waals surface area contributed by atoms with Crippen LogP contribution in [0.3, 0.4) is 0 Å². The number of anilines is 2. The maximum absolute atomic E-state index is 14.8.